The number of hydrogen-bond acceptors (Lipinski definition) is 5. The van der Waals surface area contributed by atoms with Crippen LogP contribution in [0.3, 0.4) is 0 Å². The summed E-state index contributed by atoms with van der Waals surface area (Å²) in [5, 5.41) is 11.0. The first-order valence-electron chi connectivity index (χ1n) is 10.1. The van der Waals surface area contributed by atoms with Crippen LogP contribution in [-0.4, -0.2) is 44.9 Å². The molecule has 8 heteroatoms. The highest BCUT2D eigenvalue weighted by Crippen LogP contribution is 2.39. The highest BCUT2D eigenvalue weighted by atomic mass is 19.1. The Bertz CT molecular complexity index is 1160. The van der Waals surface area contributed by atoms with Crippen molar-refractivity contribution in [2.24, 2.45) is 0 Å². The Morgan fingerprint density at radius 1 is 1.16 bits per heavy atom. The van der Waals surface area contributed by atoms with Crippen LogP contribution < -0.4 is 4.74 Å². The maximum Gasteiger partial charge on any atom is 0.295 e. The Morgan fingerprint density at radius 2 is 1.94 bits per heavy atom. The summed E-state index contributed by atoms with van der Waals surface area (Å²) in [6.45, 7) is 0.884. The molecule has 164 valence electrons. The van der Waals surface area contributed by atoms with Crippen molar-refractivity contribution in [1.82, 2.24) is 14.5 Å². The number of ether oxygens (including phenoxy) is 1. The molecule has 0 bridgehead atoms. The molecule has 1 atom stereocenters. The van der Waals surface area contributed by atoms with Gasteiger partial charge in [-0.05, 0) is 36.2 Å². The van der Waals surface area contributed by atoms with E-state index in [-0.39, 0.29) is 17.9 Å². The van der Waals surface area contributed by atoms with Crippen LogP contribution in [0.2, 0.25) is 0 Å². The number of hydrogen-bond donors (Lipinski definition) is 1. The summed E-state index contributed by atoms with van der Waals surface area (Å²) in [4.78, 5) is 31.4. The molecule has 3 aromatic rings. The van der Waals surface area contributed by atoms with Gasteiger partial charge in [-0.2, -0.15) is 0 Å². The second-order valence-electron chi connectivity index (χ2n) is 7.43. The van der Waals surface area contributed by atoms with Gasteiger partial charge < -0.3 is 19.3 Å². The summed E-state index contributed by atoms with van der Waals surface area (Å²) in [6, 6.07) is 11.4. The highest BCUT2D eigenvalue weighted by molar-refractivity contribution is 6.46. The lowest BCUT2D eigenvalue weighted by Gasteiger charge is -2.25. The molecule has 1 amide bonds. The number of halogens is 1. The smallest absolute Gasteiger partial charge is 0.295 e. The van der Waals surface area contributed by atoms with Crippen LogP contribution in [0, 0.1) is 5.82 Å². The zero-order valence-electron chi connectivity index (χ0n) is 17.4. The van der Waals surface area contributed by atoms with Crippen LogP contribution in [0.15, 0.2) is 72.8 Å². The number of nitrogens with zero attached hydrogens (tertiary/aromatic N) is 3. The molecule has 2 heterocycles. The number of aromatic nitrogens is 2. The van der Waals surface area contributed by atoms with Crippen molar-refractivity contribution in [3.8, 4) is 5.75 Å². The van der Waals surface area contributed by atoms with E-state index < -0.39 is 23.5 Å². The second-order valence-corrected chi connectivity index (χ2v) is 7.43. The molecule has 32 heavy (non-hydrogen) atoms. The number of amides is 1. The van der Waals surface area contributed by atoms with Gasteiger partial charge in [0.15, 0.2) is 0 Å². The van der Waals surface area contributed by atoms with Gasteiger partial charge in [0.1, 0.15) is 17.3 Å². The maximum atomic E-state index is 13.6. The van der Waals surface area contributed by atoms with E-state index in [0.29, 0.717) is 29.8 Å². The predicted octanol–water partition coefficient (Wildman–Crippen LogP) is 3.54. The van der Waals surface area contributed by atoms with Crippen LogP contribution in [0.4, 0.5) is 4.39 Å². The van der Waals surface area contributed by atoms with E-state index >= 15 is 0 Å². The topological polar surface area (TPSA) is 84.7 Å². The van der Waals surface area contributed by atoms with Crippen LogP contribution in [0.25, 0.3) is 5.76 Å². The second kappa shape index (κ2) is 9.05. The molecule has 0 saturated carbocycles. The standard InChI is InChI=1S/C24H22FN3O4/c1-32-19-5-2-4-17(14-19)22(29)20-21(16-6-8-18(25)9-7-16)28(24(31)23(20)30)12-3-11-27-13-10-26-15-27/h2,4-10,13-15,21,29H,3,11-12H2,1H3/b22-20+/t21-/m0/s1. The lowest BCUT2D eigenvalue weighted by atomic mass is 9.95. The Balaban J connectivity index is 1.73. The third-order valence-electron chi connectivity index (χ3n) is 5.44. The van der Waals surface area contributed by atoms with Crippen molar-refractivity contribution in [3.63, 3.8) is 0 Å². The zero-order chi connectivity index (χ0) is 22.7. The van der Waals surface area contributed by atoms with Crippen molar-refractivity contribution in [2.75, 3.05) is 13.7 Å². The molecule has 0 radical (unpaired) electrons. The molecule has 1 saturated heterocycles. The first-order valence-corrected chi connectivity index (χ1v) is 10.1. The number of Topliss-reactive ketones (excluding diaryl/α,β-unsaturated/α-hetero) is 1. The fourth-order valence-electron chi connectivity index (χ4n) is 3.87. The molecule has 2 aromatic carbocycles. The molecular formula is C24H22FN3O4. The van der Waals surface area contributed by atoms with E-state index in [9.17, 15) is 19.1 Å². The molecule has 1 aromatic heterocycles. The number of likely N-dealkylation sites (tertiary alicyclic amines) is 1. The van der Waals surface area contributed by atoms with Gasteiger partial charge in [0.25, 0.3) is 11.7 Å². The van der Waals surface area contributed by atoms with E-state index in [0.717, 1.165) is 0 Å². The van der Waals surface area contributed by atoms with E-state index in [2.05, 4.69) is 4.98 Å². The minimum absolute atomic E-state index is 0.0301. The van der Waals surface area contributed by atoms with E-state index in [1.807, 2.05) is 10.8 Å². The third kappa shape index (κ3) is 4.12. The van der Waals surface area contributed by atoms with Crippen molar-refractivity contribution in [2.45, 2.75) is 19.0 Å². The van der Waals surface area contributed by atoms with Gasteiger partial charge in [-0.25, -0.2) is 9.37 Å². The molecule has 0 unspecified atom stereocenters. The van der Waals surface area contributed by atoms with Crippen LogP contribution in [-0.2, 0) is 16.1 Å². The Labute approximate surface area is 184 Å². The number of imidazole rings is 1. The fraction of sp³-hybridized carbons (Fsp3) is 0.208. The number of rotatable bonds is 7. The number of carbonyl (C=O) groups excluding carboxylic acids is 2. The molecule has 1 fully saturated rings. The number of aliphatic hydroxyl groups is 1. The summed E-state index contributed by atoms with van der Waals surface area (Å²) < 4.78 is 20.6. The van der Waals surface area contributed by atoms with Gasteiger partial charge in [-0.15, -0.1) is 0 Å². The lowest BCUT2D eigenvalue weighted by Crippen LogP contribution is -2.31. The highest BCUT2D eigenvalue weighted by Gasteiger charge is 2.45. The molecule has 1 N–H and O–H groups in total. The van der Waals surface area contributed by atoms with Gasteiger partial charge in [0.05, 0.1) is 25.1 Å². The molecule has 1 aliphatic heterocycles. The van der Waals surface area contributed by atoms with Gasteiger partial charge >= 0.3 is 0 Å². The molecular weight excluding hydrogens is 413 g/mol. The lowest BCUT2D eigenvalue weighted by molar-refractivity contribution is -0.139. The van der Waals surface area contributed by atoms with Crippen molar-refractivity contribution >= 4 is 17.4 Å². The SMILES string of the molecule is COc1cccc(/C(O)=C2\C(=O)C(=O)N(CCCn3ccnc3)[C@H]2c2ccc(F)cc2)c1. The average molecular weight is 435 g/mol. The maximum absolute atomic E-state index is 13.6. The third-order valence-corrected chi connectivity index (χ3v) is 5.44. The first-order chi connectivity index (χ1) is 15.5. The summed E-state index contributed by atoms with van der Waals surface area (Å²) in [5.74, 6) is -1.70. The van der Waals surface area contributed by atoms with Crippen LogP contribution >= 0.6 is 0 Å². The van der Waals surface area contributed by atoms with Gasteiger partial charge in [-0.1, -0.05) is 24.3 Å². The zero-order valence-corrected chi connectivity index (χ0v) is 17.4. The molecule has 0 aliphatic carbocycles. The Kier molecular flexibility index (Phi) is 6.02. The van der Waals surface area contributed by atoms with E-state index in [1.165, 1.54) is 36.3 Å². The molecule has 4 rings (SSSR count). The monoisotopic (exact) mass is 435 g/mol. The summed E-state index contributed by atoms with van der Waals surface area (Å²) in [6.07, 6.45) is 5.72. The Hall–Kier alpha value is -3.94. The van der Waals surface area contributed by atoms with Crippen LogP contribution in [0.5, 0.6) is 5.75 Å². The number of carbonyl (C=O) groups is 2. The average Bonchev–Trinajstić information content (AvgIpc) is 3.41. The van der Waals surface area contributed by atoms with Crippen molar-refractivity contribution in [3.05, 3.63) is 89.8 Å². The van der Waals surface area contributed by atoms with E-state index in [4.69, 9.17) is 4.74 Å². The minimum Gasteiger partial charge on any atom is -0.507 e. The number of aliphatic hydroxyl groups excluding tert-OH is 1. The van der Waals surface area contributed by atoms with Crippen LogP contribution in [0.1, 0.15) is 23.6 Å². The first kappa shape index (κ1) is 21.3. The normalized spacial score (nSPS) is 17.7. The number of benzene rings is 2. The van der Waals surface area contributed by atoms with Gasteiger partial charge in [0, 0.05) is 31.0 Å². The molecule has 1 aliphatic rings. The quantitative estimate of drug-likeness (QED) is 0.349. The van der Waals surface area contributed by atoms with Crippen molar-refractivity contribution in [1.29, 1.82) is 0 Å². The minimum atomic E-state index is -0.829. The van der Waals surface area contributed by atoms with Gasteiger partial charge in [0.2, 0.25) is 0 Å². The molecule has 0 spiro atoms. The molecule has 7 nitrogen and oxygen atoms in total. The summed E-state index contributed by atoms with van der Waals surface area (Å²) in [7, 11) is 1.50. The number of methoxy groups -OCH3 is 1. The predicted molar refractivity (Wildman–Crippen MR) is 115 cm³/mol. The largest absolute Gasteiger partial charge is 0.507 e. The Morgan fingerprint density at radius 3 is 2.62 bits per heavy atom. The number of aryl methyl sites for hydroxylation is 1. The van der Waals surface area contributed by atoms with E-state index in [1.54, 1.807) is 36.8 Å². The van der Waals surface area contributed by atoms with Gasteiger partial charge in [-0.3, -0.25) is 9.59 Å². The fourth-order valence-corrected chi connectivity index (χ4v) is 3.87. The van der Waals surface area contributed by atoms with Crippen molar-refractivity contribution < 1.29 is 23.8 Å². The summed E-state index contributed by atoms with van der Waals surface area (Å²) in [5.41, 5.74) is 0.864. The number of ketones is 1. The summed E-state index contributed by atoms with van der Waals surface area (Å²) >= 11 is 0.